The molecule has 0 atom stereocenters. The Labute approximate surface area is 361 Å². The molecule has 0 aliphatic heterocycles. The third-order valence-corrected chi connectivity index (χ3v) is 12.4. The fourth-order valence-corrected chi connectivity index (χ4v) is 9.56. The number of hydrogen-bond donors (Lipinski definition) is 0. The van der Waals surface area contributed by atoms with E-state index in [-0.39, 0.29) is 0 Å². The molecule has 0 spiro atoms. The van der Waals surface area contributed by atoms with Crippen molar-refractivity contribution in [2.45, 2.75) is 0 Å². The number of nitrogens with zero attached hydrogens (tertiary/aromatic N) is 7. The van der Waals surface area contributed by atoms with Crippen molar-refractivity contribution in [3.63, 3.8) is 0 Å². The average Bonchev–Trinajstić information content (AvgIpc) is 4.00. The first-order valence-corrected chi connectivity index (χ1v) is 21.1. The zero-order valence-corrected chi connectivity index (χ0v) is 33.8. The summed E-state index contributed by atoms with van der Waals surface area (Å²) < 4.78 is 6.76. The Bertz CT molecular complexity index is 3790. The molecule has 7 nitrogen and oxygen atoms in total. The van der Waals surface area contributed by atoms with E-state index < -0.39 is 0 Å². The average molecular weight is 806 g/mol. The first-order chi connectivity index (χ1) is 31.2. The highest BCUT2D eigenvalue weighted by Crippen LogP contribution is 2.39. The first-order valence-electron chi connectivity index (χ1n) is 21.1. The van der Waals surface area contributed by atoms with E-state index in [0.29, 0.717) is 5.95 Å². The Morgan fingerprint density at radius 2 is 0.810 bits per heavy atom. The summed E-state index contributed by atoms with van der Waals surface area (Å²) in [5, 5.41) is 5.79. The minimum Gasteiger partial charge on any atom is -0.309 e. The predicted molar refractivity (Wildman–Crippen MR) is 257 cm³/mol. The molecule has 0 saturated carbocycles. The van der Waals surface area contributed by atoms with Gasteiger partial charge in [-0.15, -0.1) is 0 Å². The lowest BCUT2D eigenvalue weighted by atomic mass is 10.0. The summed E-state index contributed by atoms with van der Waals surface area (Å²) in [6.45, 7) is 0. The molecule has 0 aliphatic carbocycles. The third-order valence-electron chi connectivity index (χ3n) is 12.4. The molecular formula is C56H35N7. The molecule has 0 radical (unpaired) electrons. The molecule has 0 aliphatic rings. The van der Waals surface area contributed by atoms with Crippen LogP contribution in [0, 0.1) is 0 Å². The fourth-order valence-electron chi connectivity index (χ4n) is 9.56. The minimum atomic E-state index is 0.615. The van der Waals surface area contributed by atoms with Crippen molar-refractivity contribution >= 4 is 65.5 Å². The number of hydrogen-bond acceptors (Lipinski definition) is 4. The van der Waals surface area contributed by atoms with Gasteiger partial charge >= 0.3 is 0 Å². The zero-order valence-electron chi connectivity index (χ0n) is 33.8. The lowest BCUT2D eigenvalue weighted by Gasteiger charge is -2.14. The van der Waals surface area contributed by atoms with Crippen LogP contribution in [0.2, 0.25) is 0 Å². The van der Waals surface area contributed by atoms with Gasteiger partial charge in [0, 0.05) is 44.3 Å². The van der Waals surface area contributed by atoms with Crippen molar-refractivity contribution in [1.82, 2.24) is 33.6 Å². The van der Waals surface area contributed by atoms with Gasteiger partial charge in [-0.05, 0) is 71.8 Å². The van der Waals surface area contributed by atoms with Crippen LogP contribution in [0.25, 0.3) is 117 Å². The van der Waals surface area contributed by atoms with Crippen LogP contribution in [0.4, 0.5) is 0 Å². The van der Waals surface area contributed by atoms with Crippen LogP contribution in [0.3, 0.4) is 0 Å². The summed E-state index contributed by atoms with van der Waals surface area (Å²) in [4.78, 5) is 19.9. The Kier molecular flexibility index (Phi) is 7.77. The predicted octanol–water partition coefficient (Wildman–Crippen LogP) is 13.6. The molecule has 0 amide bonds. The topological polar surface area (TPSA) is 66.3 Å². The molecular weight excluding hydrogens is 771 g/mol. The highest BCUT2D eigenvalue weighted by molar-refractivity contribution is 6.12. The Morgan fingerprint density at radius 1 is 0.302 bits per heavy atom. The van der Waals surface area contributed by atoms with Crippen LogP contribution >= 0.6 is 0 Å². The van der Waals surface area contributed by atoms with Crippen molar-refractivity contribution in [2.24, 2.45) is 0 Å². The summed E-state index contributed by atoms with van der Waals surface area (Å²) in [5.74, 6) is 0.615. The van der Waals surface area contributed by atoms with E-state index in [4.69, 9.17) is 19.9 Å². The van der Waals surface area contributed by atoms with Crippen LogP contribution < -0.4 is 0 Å². The molecule has 13 rings (SSSR count). The van der Waals surface area contributed by atoms with Crippen molar-refractivity contribution in [3.8, 4) is 51.0 Å². The zero-order chi connectivity index (χ0) is 41.4. The molecule has 6 aromatic heterocycles. The van der Waals surface area contributed by atoms with E-state index in [2.05, 4.69) is 190 Å². The number of benzene rings is 7. The second-order valence-electron chi connectivity index (χ2n) is 16.0. The maximum absolute atomic E-state index is 5.20. The van der Waals surface area contributed by atoms with Gasteiger partial charge in [-0.3, -0.25) is 9.55 Å². The molecule has 7 heteroatoms. The molecule has 0 unspecified atom stereocenters. The van der Waals surface area contributed by atoms with Crippen LogP contribution in [0.5, 0.6) is 0 Å². The SMILES string of the molecule is c1ccc(-c2cc(-n3c4ccccc4c4ccc(-c5ccc6c(c5)c5ccccc5n6-c5ncc(-n6c7ccccc7c7ncccc76)cn5)cc43)cc(-c3ccccc3)n2)cc1. The highest BCUT2D eigenvalue weighted by Gasteiger charge is 2.19. The number of para-hydroxylation sites is 3. The van der Waals surface area contributed by atoms with Crippen LogP contribution in [0.1, 0.15) is 0 Å². The van der Waals surface area contributed by atoms with E-state index in [1.54, 1.807) is 0 Å². The monoisotopic (exact) mass is 805 g/mol. The van der Waals surface area contributed by atoms with E-state index >= 15 is 0 Å². The van der Waals surface area contributed by atoms with E-state index in [0.717, 1.165) is 99.8 Å². The summed E-state index contributed by atoms with van der Waals surface area (Å²) in [5.41, 5.74) is 15.6. The second kappa shape index (κ2) is 13.9. The van der Waals surface area contributed by atoms with E-state index in [1.165, 1.54) is 10.8 Å². The van der Waals surface area contributed by atoms with Crippen molar-refractivity contribution in [3.05, 3.63) is 213 Å². The van der Waals surface area contributed by atoms with Crippen LogP contribution in [-0.4, -0.2) is 33.6 Å². The molecule has 0 fully saturated rings. The number of pyridine rings is 2. The molecule has 7 aromatic carbocycles. The molecule has 294 valence electrons. The van der Waals surface area contributed by atoms with E-state index in [1.807, 2.05) is 36.8 Å². The largest absolute Gasteiger partial charge is 0.309 e. The minimum absolute atomic E-state index is 0.615. The van der Waals surface area contributed by atoms with Gasteiger partial charge in [0.2, 0.25) is 5.95 Å². The molecule has 6 heterocycles. The summed E-state index contributed by atoms with van der Waals surface area (Å²) in [7, 11) is 0. The molecule has 63 heavy (non-hydrogen) atoms. The lowest BCUT2D eigenvalue weighted by molar-refractivity contribution is 0.967. The maximum atomic E-state index is 5.20. The number of rotatable bonds is 6. The smallest absolute Gasteiger partial charge is 0.234 e. The van der Waals surface area contributed by atoms with Gasteiger partial charge in [-0.25, -0.2) is 15.0 Å². The van der Waals surface area contributed by atoms with Gasteiger partial charge in [-0.2, -0.15) is 0 Å². The van der Waals surface area contributed by atoms with Crippen LogP contribution in [0.15, 0.2) is 213 Å². The van der Waals surface area contributed by atoms with Gasteiger partial charge in [0.15, 0.2) is 0 Å². The Hall–Kier alpha value is -8.68. The van der Waals surface area contributed by atoms with Crippen LogP contribution in [-0.2, 0) is 0 Å². The molecule has 0 bridgehead atoms. The quantitative estimate of drug-likeness (QED) is 0.168. The van der Waals surface area contributed by atoms with Gasteiger partial charge in [0.1, 0.15) is 0 Å². The lowest BCUT2D eigenvalue weighted by Crippen LogP contribution is -2.03. The first kappa shape index (κ1) is 35.1. The second-order valence-corrected chi connectivity index (χ2v) is 16.0. The van der Waals surface area contributed by atoms with Gasteiger partial charge in [0.25, 0.3) is 0 Å². The van der Waals surface area contributed by atoms with Crippen molar-refractivity contribution in [1.29, 1.82) is 0 Å². The highest BCUT2D eigenvalue weighted by atomic mass is 15.2. The van der Waals surface area contributed by atoms with Gasteiger partial charge in [-0.1, -0.05) is 133 Å². The standard InChI is InChI=1S/C56H35N7/c1-3-14-36(15-4-1)47-32-40(33-48(60-47)37-16-5-2-6-17-37)61-49-21-10-7-18-42(49)44-27-25-39(31-54(44)61)38-26-28-52-46(30-38)43-19-8-11-22-50(43)63(52)56-58-34-41(35-59-56)62-51-23-12-9-20-45(51)55-53(62)24-13-29-57-55/h1-35H. The Morgan fingerprint density at radius 3 is 1.51 bits per heavy atom. The molecule has 13 aromatic rings. The third kappa shape index (κ3) is 5.53. The fraction of sp³-hybridized carbons (Fsp3) is 0. The molecule has 0 N–H and O–H groups in total. The summed E-state index contributed by atoms with van der Waals surface area (Å²) in [6, 6.07) is 68.6. The summed E-state index contributed by atoms with van der Waals surface area (Å²) in [6.07, 6.45) is 5.67. The van der Waals surface area contributed by atoms with Gasteiger partial charge < -0.3 is 9.13 Å². The summed E-state index contributed by atoms with van der Waals surface area (Å²) >= 11 is 0. The number of fused-ring (bicyclic) bond motifs is 9. The van der Waals surface area contributed by atoms with E-state index in [9.17, 15) is 0 Å². The molecule has 0 saturated heterocycles. The van der Waals surface area contributed by atoms with Crippen molar-refractivity contribution < 1.29 is 0 Å². The maximum Gasteiger partial charge on any atom is 0.234 e. The number of aromatic nitrogens is 7. The Balaban J connectivity index is 0.957. The van der Waals surface area contributed by atoms with Gasteiger partial charge in [0.05, 0.1) is 73.8 Å². The normalized spacial score (nSPS) is 11.8. The van der Waals surface area contributed by atoms with Crippen molar-refractivity contribution in [2.75, 3.05) is 0 Å².